The van der Waals surface area contributed by atoms with Gasteiger partial charge in [-0.25, -0.2) is 0 Å². The van der Waals surface area contributed by atoms with Gasteiger partial charge >= 0.3 is 0 Å². The fourth-order valence-corrected chi connectivity index (χ4v) is 2.39. The predicted octanol–water partition coefficient (Wildman–Crippen LogP) is 3.38. The quantitative estimate of drug-likeness (QED) is 0.775. The van der Waals surface area contributed by atoms with Gasteiger partial charge in [-0.1, -0.05) is 30.3 Å². The van der Waals surface area contributed by atoms with Gasteiger partial charge in [0.1, 0.15) is 0 Å². The lowest BCUT2D eigenvalue weighted by Gasteiger charge is -2.12. The van der Waals surface area contributed by atoms with Crippen molar-refractivity contribution in [1.29, 1.82) is 0 Å². The number of nitrogens with one attached hydrogen (secondary N) is 2. The van der Waals surface area contributed by atoms with E-state index >= 15 is 0 Å². The number of anilines is 1. The van der Waals surface area contributed by atoms with Crippen LogP contribution in [0.5, 0.6) is 0 Å². The first-order chi connectivity index (χ1) is 10.6. The Balaban J connectivity index is 1.74. The maximum Gasteiger partial charge on any atom is 0.258 e. The van der Waals surface area contributed by atoms with Gasteiger partial charge in [0, 0.05) is 24.2 Å². The minimum Gasteiger partial charge on any atom is -0.365 e. The number of amides is 1. The van der Waals surface area contributed by atoms with Crippen LogP contribution < -0.4 is 5.32 Å². The van der Waals surface area contributed by atoms with E-state index in [1.165, 1.54) is 5.56 Å². The summed E-state index contributed by atoms with van der Waals surface area (Å²) in [5.74, 6) is 0.393. The number of benzene rings is 1. The number of H-pyrrole nitrogens is 1. The molecule has 5 heteroatoms. The van der Waals surface area contributed by atoms with Gasteiger partial charge in [-0.15, -0.1) is 0 Å². The lowest BCUT2D eigenvalue weighted by Crippen LogP contribution is -2.14. The van der Waals surface area contributed by atoms with E-state index < -0.39 is 0 Å². The Hall–Kier alpha value is -2.82. The van der Waals surface area contributed by atoms with Crippen molar-refractivity contribution in [2.45, 2.75) is 19.9 Å². The van der Waals surface area contributed by atoms with Gasteiger partial charge in [-0.05, 0) is 25.5 Å². The van der Waals surface area contributed by atoms with Gasteiger partial charge in [-0.3, -0.25) is 9.48 Å². The summed E-state index contributed by atoms with van der Waals surface area (Å²) in [6.07, 6.45) is 3.62. The molecular weight excluding hydrogens is 276 g/mol. The van der Waals surface area contributed by atoms with Crippen molar-refractivity contribution in [3.63, 3.8) is 0 Å². The van der Waals surface area contributed by atoms with Crippen molar-refractivity contribution in [2.24, 2.45) is 0 Å². The number of nitrogens with zero attached hydrogens (tertiary/aromatic N) is 2. The van der Waals surface area contributed by atoms with Crippen molar-refractivity contribution < 1.29 is 4.79 Å². The number of hydrogen-bond acceptors (Lipinski definition) is 2. The number of aryl methyl sites for hydroxylation is 1. The Morgan fingerprint density at radius 3 is 2.68 bits per heavy atom. The van der Waals surface area contributed by atoms with Crippen molar-refractivity contribution in [1.82, 2.24) is 14.8 Å². The first kappa shape index (κ1) is 14.1. The number of carbonyl (C=O) groups is 1. The van der Waals surface area contributed by atoms with E-state index in [2.05, 4.69) is 34.5 Å². The highest BCUT2D eigenvalue weighted by Gasteiger charge is 2.13. The van der Waals surface area contributed by atoms with Crippen LogP contribution in [-0.4, -0.2) is 20.7 Å². The molecule has 0 spiro atoms. The third-order valence-corrected chi connectivity index (χ3v) is 3.73. The lowest BCUT2D eigenvalue weighted by molar-refractivity contribution is 0.102. The molecule has 2 aromatic heterocycles. The highest BCUT2D eigenvalue weighted by molar-refractivity contribution is 6.04. The molecule has 0 radical (unpaired) electrons. The molecule has 1 aromatic carbocycles. The van der Waals surface area contributed by atoms with E-state index in [-0.39, 0.29) is 11.9 Å². The van der Waals surface area contributed by atoms with Gasteiger partial charge in [0.25, 0.3) is 5.91 Å². The first-order valence-electron chi connectivity index (χ1n) is 7.20. The molecule has 0 saturated carbocycles. The number of rotatable bonds is 4. The zero-order valence-corrected chi connectivity index (χ0v) is 12.6. The second kappa shape index (κ2) is 5.89. The van der Waals surface area contributed by atoms with Gasteiger partial charge in [-0.2, -0.15) is 5.10 Å². The van der Waals surface area contributed by atoms with Crippen molar-refractivity contribution in [3.05, 3.63) is 71.7 Å². The molecule has 0 fully saturated rings. The molecule has 0 saturated heterocycles. The van der Waals surface area contributed by atoms with E-state index in [0.717, 1.165) is 5.69 Å². The van der Waals surface area contributed by atoms with E-state index in [1.807, 2.05) is 36.0 Å². The predicted molar refractivity (Wildman–Crippen MR) is 86.0 cm³/mol. The molecule has 3 aromatic rings. The van der Waals surface area contributed by atoms with Crippen LogP contribution in [0.15, 0.2) is 54.9 Å². The van der Waals surface area contributed by atoms with Gasteiger partial charge in [0.2, 0.25) is 0 Å². The van der Waals surface area contributed by atoms with Crippen LogP contribution in [0.1, 0.15) is 34.6 Å². The van der Waals surface area contributed by atoms with E-state index in [4.69, 9.17) is 0 Å². The second-order valence-corrected chi connectivity index (χ2v) is 5.24. The molecule has 1 unspecified atom stereocenters. The topological polar surface area (TPSA) is 62.7 Å². The number of carbonyl (C=O) groups excluding carboxylic acids is 1. The molecule has 2 heterocycles. The molecular formula is C17H18N4O. The summed E-state index contributed by atoms with van der Waals surface area (Å²) in [5, 5.41) is 7.26. The maximum atomic E-state index is 12.2. The van der Waals surface area contributed by atoms with Gasteiger partial charge in [0.15, 0.2) is 5.82 Å². The summed E-state index contributed by atoms with van der Waals surface area (Å²) in [7, 11) is 0. The largest absolute Gasteiger partial charge is 0.365 e. The van der Waals surface area contributed by atoms with Gasteiger partial charge in [0.05, 0.1) is 11.6 Å². The second-order valence-electron chi connectivity index (χ2n) is 5.24. The monoisotopic (exact) mass is 294 g/mol. The third-order valence-electron chi connectivity index (χ3n) is 3.73. The minimum atomic E-state index is -0.156. The van der Waals surface area contributed by atoms with Crippen LogP contribution in [0.25, 0.3) is 0 Å². The van der Waals surface area contributed by atoms with Crippen LogP contribution in [0.4, 0.5) is 5.82 Å². The standard InChI is InChI=1S/C17H18N4O/c1-12-15(8-10-18-12)17(22)19-16-9-11-21(20-16)13(2)14-6-4-3-5-7-14/h3-11,13,18H,1-2H3,(H,19,20,22). The fourth-order valence-electron chi connectivity index (χ4n) is 2.39. The minimum absolute atomic E-state index is 0.112. The Morgan fingerprint density at radius 2 is 2.00 bits per heavy atom. The average Bonchev–Trinajstić information content (AvgIpc) is 3.16. The molecule has 0 aliphatic rings. The SMILES string of the molecule is Cc1[nH]ccc1C(=O)Nc1ccn(C(C)c2ccccc2)n1. The normalized spacial score (nSPS) is 12.1. The van der Waals surface area contributed by atoms with E-state index in [1.54, 1.807) is 18.3 Å². The highest BCUT2D eigenvalue weighted by atomic mass is 16.1. The Bertz CT molecular complexity index is 773. The molecule has 5 nitrogen and oxygen atoms in total. The summed E-state index contributed by atoms with van der Waals surface area (Å²) < 4.78 is 1.84. The molecule has 0 aliphatic carbocycles. The number of aromatic nitrogens is 3. The van der Waals surface area contributed by atoms with Crippen molar-refractivity contribution in [2.75, 3.05) is 5.32 Å². The zero-order valence-electron chi connectivity index (χ0n) is 12.6. The van der Waals surface area contributed by atoms with E-state index in [0.29, 0.717) is 11.4 Å². The summed E-state index contributed by atoms with van der Waals surface area (Å²) in [6, 6.07) is 13.8. The van der Waals surface area contributed by atoms with Crippen LogP contribution in [0, 0.1) is 6.92 Å². The molecule has 2 N–H and O–H groups in total. The Morgan fingerprint density at radius 1 is 1.23 bits per heavy atom. The first-order valence-corrected chi connectivity index (χ1v) is 7.20. The molecule has 0 aliphatic heterocycles. The maximum absolute atomic E-state index is 12.2. The number of hydrogen-bond donors (Lipinski definition) is 2. The highest BCUT2D eigenvalue weighted by Crippen LogP contribution is 2.18. The third kappa shape index (κ3) is 2.79. The van der Waals surface area contributed by atoms with Crippen LogP contribution in [0.3, 0.4) is 0 Å². The molecule has 1 amide bonds. The fraction of sp³-hybridized carbons (Fsp3) is 0.176. The molecule has 112 valence electrons. The van der Waals surface area contributed by atoms with Gasteiger partial charge < -0.3 is 10.3 Å². The molecule has 0 bridgehead atoms. The molecule has 22 heavy (non-hydrogen) atoms. The summed E-state index contributed by atoms with van der Waals surface area (Å²) in [4.78, 5) is 15.2. The van der Waals surface area contributed by atoms with Crippen molar-refractivity contribution >= 4 is 11.7 Å². The summed E-state index contributed by atoms with van der Waals surface area (Å²) >= 11 is 0. The Labute approximate surface area is 129 Å². The van der Waals surface area contributed by atoms with Crippen molar-refractivity contribution in [3.8, 4) is 0 Å². The average molecular weight is 294 g/mol. The zero-order chi connectivity index (χ0) is 15.5. The Kier molecular flexibility index (Phi) is 3.78. The van der Waals surface area contributed by atoms with Crippen LogP contribution >= 0.6 is 0 Å². The van der Waals surface area contributed by atoms with Crippen LogP contribution in [0.2, 0.25) is 0 Å². The number of aromatic amines is 1. The summed E-state index contributed by atoms with van der Waals surface area (Å²) in [6.45, 7) is 3.94. The lowest BCUT2D eigenvalue weighted by atomic mass is 10.1. The van der Waals surface area contributed by atoms with Crippen LogP contribution in [-0.2, 0) is 0 Å². The molecule has 1 atom stereocenters. The smallest absolute Gasteiger partial charge is 0.258 e. The molecule has 3 rings (SSSR count). The van der Waals surface area contributed by atoms with E-state index in [9.17, 15) is 4.79 Å². The summed E-state index contributed by atoms with van der Waals surface area (Å²) in [5.41, 5.74) is 2.64.